The number of rotatable bonds is 5. The number of morpholine rings is 1. The van der Waals surface area contributed by atoms with E-state index in [0.717, 1.165) is 0 Å². The van der Waals surface area contributed by atoms with E-state index in [2.05, 4.69) is 4.72 Å². The maximum absolute atomic E-state index is 13.0. The van der Waals surface area contributed by atoms with Gasteiger partial charge in [-0.25, -0.2) is 17.5 Å². The van der Waals surface area contributed by atoms with Crippen LogP contribution in [0.15, 0.2) is 47.4 Å². The molecule has 160 valence electrons. The molecule has 8 nitrogen and oxygen atoms in total. The number of halogens is 1. The Morgan fingerprint density at radius 3 is 2.57 bits per heavy atom. The molecule has 1 N–H and O–H groups in total. The average molecular weight is 436 g/mol. The van der Waals surface area contributed by atoms with E-state index in [1.165, 1.54) is 42.5 Å². The SMILES string of the molecule is O=C(C1COc2cc(S(=O)(=O)NCc3ccc(F)cc3)ccc2O1)N1CCOCC1. The zero-order chi connectivity index (χ0) is 21.1. The monoisotopic (exact) mass is 436 g/mol. The first kappa shape index (κ1) is 20.6. The Morgan fingerprint density at radius 2 is 1.83 bits per heavy atom. The molecule has 2 aromatic rings. The summed E-state index contributed by atoms with van der Waals surface area (Å²) >= 11 is 0. The van der Waals surface area contributed by atoms with E-state index < -0.39 is 16.1 Å². The summed E-state index contributed by atoms with van der Waals surface area (Å²) in [5.74, 6) is -0.00325. The van der Waals surface area contributed by atoms with Crippen molar-refractivity contribution >= 4 is 15.9 Å². The molecule has 4 rings (SSSR count). The molecule has 1 unspecified atom stereocenters. The summed E-state index contributed by atoms with van der Waals surface area (Å²) in [7, 11) is -3.82. The van der Waals surface area contributed by atoms with Crippen LogP contribution in [-0.2, 0) is 26.1 Å². The van der Waals surface area contributed by atoms with Crippen LogP contribution < -0.4 is 14.2 Å². The Hall–Kier alpha value is -2.69. The molecule has 2 aliphatic heterocycles. The summed E-state index contributed by atoms with van der Waals surface area (Å²) in [5, 5.41) is 0. The molecule has 0 bridgehead atoms. The van der Waals surface area contributed by atoms with Crippen molar-refractivity contribution in [3.05, 3.63) is 53.8 Å². The van der Waals surface area contributed by atoms with Crippen LogP contribution in [0.1, 0.15) is 5.56 Å². The van der Waals surface area contributed by atoms with Crippen LogP contribution in [0.2, 0.25) is 0 Å². The van der Waals surface area contributed by atoms with Crippen LogP contribution in [0.25, 0.3) is 0 Å². The summed E-state index contributed by atoms with van der Waals surface area (Å²) in [4.78, 5) is 14.2. The van der Waals surface area contributed by atoms with Gasteiger partial charge in [0.1, 0.15) is 12.4 Å². The minimum absolute atomic E-state index is 0.00427. The standard InChI is InChI=1S/C20H21FN2O6S/c21-15-3-1-14(2-4-15)12-22-30(25,26)16-5-6-17-18(11-16)28-13-19(29-17)20(24)23-7-9-27-10-8-23/h1-6,11,19,22H,7-10,12-13H2. The van der Waals surface area contributed by atoms with E-state index in [4.69, 9.17) is 14.2 Å². The highest BCUT2D eigenvalue weighted by atomic mass is 32.2. The topological polar surface area (TPSA) is 94.2 Å². The molecular formula is C20H21FN2O6S. The van der Waals surface area contributed by atoms with E-state index in [1.807, 2.05) is 0 Å². The average Bonchev–Trinajstić information content (AvgIpc) is 2.78. The fourth-order valence-electron chi connectivity index (χ4n) is 3.19. The smallest absolute Gasteiger partial charge is 0.267 e. The van der Waals surface area contributed by atoms with Crippen molar-refractivity contribution in [3.63, 3.8) is 0 Å². The van der Waals surface area contributed by atoms with Gasteiger partial charge in [0.2, 0.25) is 16.1 Å². The maximum Gasteiger partial charge on any atom is 0.267 e. The zero-order valence-electron chi connectivity index (χ0n) is 16.0. The normalized spacial score (nSPS) is 18.8. The minimum atomic E-state index is -3.82. The fourth-order valence-corrected chi connectivity index (χ4v) is 4.22. The largest absolute Gasteiger partial charge is 0.485 e. The number of hydrogen-bond acceptors (Lipinski definition) is 6. The number of benzene rings is 2. The number of carbonyl (C=O) groups excluding carboxylic acids is 1. The van der Waals surface area contributed by atoms with E-state index in [9.17, 15) is 17.6 Å². The van der Waals surface area contributed by atoms with E-state index in [0.29, 0.717) is 37.6 Å². The predicted octanol–water partition coefficient (Wildman–Crippen LogP) is 1.30. The summed E-state index contributed by atoms with van der Waals surface area (Å²) < 4.78 is 57.2. The molecule has 0 radical (unpaired) electrons. The molecule has 1 fully saturated rings. The van der Waals surface area contributed by atoms with Crippen LogP contribution in [0, 0.1) is 5.82 Å². The lowest BCUT2D eigenvalue weighted by atomic mass is 10.2. The van der Waals surface area contributed by atoms with Crippen molar-refractivity contribution < 1.29 is 31.8 Å². The quantitative estimate of drug-likeness (QED) is 0.760. The molecule has 2 aliphatic rings. The molecule has 10 heteroatoms. The second-order valence-corrected chi connectivity index (χ2v) is 8.68. The number of ether oxygens (including phenoxy) is 3. The molecule has 2 aromatic carbocycles. The van der Waals surface area contributed by atoms with Crippen LogP contribution in [0.5, 0.6) is 11.5 Å². The van der Waals surface area contributed by atoms with Crippen LogP contribution in [0.4, 0.5) is 4.39 Å². The molecule has 30 heavy (non-hydrogen) atoms. The van der Waals surface area contributed by atoms with Crippen molar-refractivity contribution in [1.29, 1.82) is 0 Å². The Morgan fingerprint density at radius 1 is 1.10 bits per heavy atom. The van der Waals surface area contributed by atoms with Crippen molar-refractivity contribution in [2.24, 2.45) is 0 Å². The summed E-state index contributed by atoms with van der Waals surface area (Å²) in [5.41, 5.74) is 0.627. The Balaban J connectivity index is 1.42. The first-order valence-corrected chi connectivity index (χ1v) is 10.9. The molecule has 0 aromatic heterocycles. The minimum Gasteiger partial charge on any atom is -0.485 e. The third kappa shape index (κ3) is 4.55. The second kappa shape index (κ2) is 8.58. The Labute approximate surface area is 173 Å². The highest BCUT2D eigenvalue weighted by Crippen LogP contribution is 2.34. The molecule has 0 saturated carbocycles. The van der Waals surface area contributed by atoms with Gasteiger partial charge in [-0.2, -0.15) is 0 Å². The van der Waals surface area contributed by atoms with E-state index in [1.54, 1.807) is 4.90 Å². The maximum atomic E-state index is 13.0. The van der Waals surface area contributed by atoms with Crippen molar-refractivity contribution in [2.45, 2.75) is 17.5 Å². The highest BCUT2D eigenvalue weighted by molar-refractivity contribution is 7.89. The number of sulfonamides is 1. The molecule has 1 amide bonds. The third-order valence-corrected chi connectivity index (χ3v) is 6.26. The molecular weight excluding hydrogens is 415 g/mol. The molecule has 2 heterocycles. The van der Waals surface area contributed by atoms with Gasteiger partial charge in [0.05, 0.1) is 18.1 Å². The van der Waals surface area contributed by atoms with Crippen LogP contribution in [0.3, 0.4) is 0 Å². The molecule has 0 spiro atoms. The molecule has 1 atom stereocenters. The summed E-state index contributed by atoms with van der Waals surface area (Å²) in [6.07, 6.45) is -0.783. The van der Waals surface area contributed by atoms with Gasteiger partial charge < -0.3 is 19.1 Å². The van der Waals surface area contributed by atoms with Crippen molar-refractivity contribution in [2.75, 3.05) is 32.9 Å². The van der Waals surface area contributed by atoms with Crippen molar-refractivity contribution in [1.82, 2.24) is 9.62 Å². The lowest BCUT2D eigenvalue weighted by Gasteiger charge is -2.32. The Kier molecular flexibility index (Phi) is 5.89. The molecule has 0 aliphatic carbocycles. The van der Waals surface area contributed by atoms with Gasteiger partial charge in [-0.15, -0.1) is 0 Å². The number of fused-ring (bicyclic) bond motifs is 1. The Bertz CT molecular complexity index is 1020. The fraction of sp³-hybridized carbons (Fsp3) is 0.350. The van der Waals surface area contributed by atoms with Crippen LogP contribution >= 0.6 is 0 Å². The molecule has 1 saturated heterocycles. The first-order chi connectivity index (χ1) is 14.4. The third-order valence-electron chi connectivity index (χ3n) is 4.86. The zero-order valence-corrected chi connectivity index (χ0v) is 16.9. The van der Waals surface area contributed by atoms with E-state index in [-0.39, 0.29) is 35.5 Å². The number of nitrogens with zero attached hydrogens (tertiary/aromatic N) is 1. The van der Waals surface area contributed by atoms with Gasteiger partial charge in [0.25, 0.3) is 5.91 Å². The number of hydrogen-bond donors (Lipinski definition) is 1. The lowest BCUT2D eigenvalue weighted by Crippen LogP contribution is -2.50. The lowest BCUT2D eigenvalue weighted by molar-refractivity contribution is -0.145. The summed E-state index contributed by atoms with van der Waals surface area (Å²) in [6.45, 7) is 2.00. The van der Waals surface area contributed by atoms with Gasteiger partial charge in [-0.1, -0.05) is 12.1 Å². The summed E-state index contributed by atoms with van der Waals surface area (Å²) in [6, 6.07) is 9.76. The number of carbonyl (C=O) groups is 1. The van der Waals surface area contributed by atoms with Crippen molar-refractivity contribution in [3.8, 4) is 11.5 Å². The van der Waals surface area contributed by atoms with Gasteiger partial charge in [0, 0.05) is 25.7 Å². The van der Waals surface area contributed by atoms with Gasteiger partial charge in [0.15, 0.2) is 11.5 Å². The van der Waals surface area contributed by atoms with Gasteiger partial charge in [-0.05, 0) is 29.8 Å². The van der Waals surface area contributed by atoms with Gasteiger partial charge >= 0.3 is 0 Å². The number of amides is 1. The predicted molar refractivity (Wildman–Crippen MR) is 104 cm³/mol. The van der Waals surface area contributed by atoms with Gasteiger partial charge in [-0.3, -0.25) is 4.79 Å². The first-order valence-electron chi connectivity index (χ1n) is 9.46. The number of nitrogens with one attached hydrogen (secondary N) is 1. The van der Waals surface area contributed by atoms with Crippen LogP contribution in [-0.4, -0.2) is 58.2 Å². The van der Waals surface area contributed by atoms with E-state index >= 15 is 0 Å². The highest BCUT2D eigenvalue weighted by Gasteiger charge is 2.32. The second-order valence-electron chi connectivity index (χ2n) is 6.91.